The molecule has 0 saturated carbocycles. The number of ether oxygens (including phenoxy) is 1. The molecule has 0 radical (unpaired) electrons. The first-order chi connectivity index (χ1) is 13.3. The van der Waals surface area contributed by atoms with Gasteiger partial charge >= 0.3 is 5.97 Å². The monoisotopic (exact) mass is 413 g/mol. The van der Waals surface area contributed by atoms with Crippen molar-refractivity contribution in [3.63, 3.8) is 0 Å². The van der Waals surface area contributed by atoms with Gasteiger partial charge < -0.3 is 14.2 Å². The maximum Gasteiger partial charge on any atom is 0.358 e. The Balaban J connectivity index is 0.00000136. The number of aromatic nitrogens is 2. The van der Waals surface area contributed by atoms with Crippen LogP contribution in [0, 0.1) is 5.92 Å². The Labute approximate surface area is 169 Å². The summed E-state index contributed by atoms with van der Waals surface area (Å²) in [5.41, 5.74) is 1.72. The van der Waals surface area contributed by atoms with E-state index in [1.807, 2.05) is 19.9 Å². The lowest BCUT2D eigenvalue weighted by Crippen LogP contribution is -2.26. The summed E-state index contributed by atoms with van der Waals surface area (Å²) in [6, 6.07) is 5.30. The lowest BCUT2D eigenvalue weighted by Gasteiger charge is -2.19. The molecular formula is C20H26ClF2N3O2. The highest BCUT2D eigenvalue weighted by atomic mass is 35.5. The zero-order chi connectivity index (χ0) is 20.9. The molecule has 2 aromatic rings. The average molecular weight is 414 g/mol. The minimum absolute atomic E-state index is 0.230. The fraction of sp³-hybridized carbons (Fsp3) is 0.500. The minimum atomic E-state index is -2.69. The topological polar surface area (TPSA) is 47.4 Å². The van der Waals surface area contributed by atoms with Crippen LogP contribution in [0.2, 0.25) is 5.02 Å². The number of nitrogens with zero attached hydrogens (tertiary/aromatic N) is 3. The van der Waals surface area contributed by atoms with Gasteiger partial charge in [-0.1, -0.05) is 38.4 Å². The fourth-order valence-electron chi connectivity index (χ4n) is 2.95. The van der Waals surface area contributed by atoms with Crippen LogP contribution in [0.5, 0.6) is 0 Å². The summed E-state index contributed by atoms with van der Waals surface area (Å²) in [5, 5.41) is 0.483. The molecule has 1 aromatic heterocycles. The van der Waals surface area contributed by atoms with Crippen molar-refractivity contribution in [2.24, 2.45) is 5.92 Å². The number of halogens is 3. The number of benzene rings is 1. The van der Waals surface area contributed by atoms with E-state index >= 15 is 0 Å². The number of esters is 1. The fourth-order valence-corrected chi connectivity index (χ4v) is 3.19. The predicted octanol–water partition coefficient (Wildman–Crippen LogP) is 4.88. The number of rotatable bonds is 5. The van der Waals surface area contributed by atoms with Crippen molar-refractivity contribution in [3.05, 3.63) is 47.0 Å². The van der Waals surface area contributed by atoms with Crippen LogP contribution in [-0.4, -0.2) is 41.1 Å². The first kappa shape index (κ1) is 22.1. The highest BCUT2D eigenvalue weighted by molar-refractivity contribution is 6.31. The van der Waals surface area contributed by atoms with Crippen LogP contribution in [0.3, 0.4) is 0 Å². The van der Waals surface area contributed by atoms with Gasteiger partial charge in [0.2, 0.25) is 0 Å². The van der Waals surface area contributed by atoms with Crippen molar-refractivity contribution in [2.45, 2.75) is 40.2 Å². The number of alkyl halides is 2. The molecule has 0 amide bonds. The van der Waals surface area contributed by atoms with Gasteiger partial charge in [0, 0.05) is 35.9 Å². The molecule has 0 N–H and O–H groups in total. The third-order valence-corrected chi connectivity index (χ3v) is 4.84. The molecule has 1 aromatic carbocycles. The van der Waals surface area contributed by atoms with Crippen LogP contribution in [0.15, 0.2) is 30.7 Å². The van der Waals surface area contributed by atoms with Crippen LogP contribution in [0.25, 0.3) is 0 Å². The quantitative estimate of drug-likeness (QED) is 0.655. The van der Waals surface area contributed by atoms with Gasteiger partial charge in [0.1, 0.15) is 0 Å². The molecule has 154 valence electrons. The lowest BCUT2D eigenvalue weighted by atomic mass is 10.1. The lowest BCUT2D eigenvalue weighted by molar-refractivity contribution is -0.0137. The molecule has 1 saturated heterocycles. The van der Waals surface area contributed by atoms with E-state index in [2.05, 4.69) is 4.98 Å². The molecule has 2 heterocycles. The number of carbonyl (C=O) groups excluding carboxylic acids is 1. The summed E-state index contributed by atoms with van der Waals surface area (Å²) in [4.78, 5) is 17.3. The molecule has 3 rings (SSSR count). The van der Waals surface area contributed by atoms with Crippen molar-refractivity contribution >= 4 is 23.3 Å². The summed E-state index contributed by atoms with van der Waals surface area (Å²) < 4.78 is 34.1. The van der Waals surface area contributed by atoms with Gasteiger partial charge in [0.25, 0.3) is 5.92 Å². The number of imidazole rings is 1. The Bertz CT molecular complexity index is 810. The van der Waals surface area contributed by atoms with Crippen molar-refractivity contribution in [3.8, 4) is 0 Å². The van der Waals surface area contributed by atoms with E-state index in [1.54, 1.807) is 41.6 Å². The molecule has 1 atom stereocenters. The predicted molar refractivity (Wildman–Crippen MR) is 106 cm³/mol. The highest BCUT2D eigenvalue weighted by Crippen LogP contribution is 2.36. The summed E-state index contributed by atoms with van der Waals surface area (Å²) in [6.07, 6.45) is 3.12. The summed E-state index contributed by atoms with van der Waals surface area (Å²) >= 11 is 6.34. The molecule has 0 spiro atoms. The normalized spacial score (nSPS) is 17.8. The molecule has 1 unspecified atom stereocenters. The van der Waals surface area contributed by atoms with E-state index in [0.29, 0.717) is 23.8 Å². The van der Waals surface area contributed by atoms with Crippen molar-refractivity contribution < 1.29 is 18.3 Å². The third kappa shape index (κ3) is 5.01. The number of anilines is 1. The standard InChI is InChI=1S/C18H20ClF2N3O2.C2H6/c1-3-26-17(25)16-9-23(11-22-16)8-13-4-5-14(6-15(13)19)24-7-12(2)18(20,21)10-24;1-2/h4-6,9,11-12H,3,7-8,10H2,1-2H3;1-2H3. The maximum absolute atomic E-state index is 13.7. The van der Waals surface area contributed by atoms with Crippen molar-refractivity contribution in [2.75, 3.05) is 24.6 Å². The average Bonchev–Trinajstić information content (AvgIpc) is 3.23. The SMILES string of the molecule is CC.CCOC(=O)c1cn(Cc2ccc(N3CC(C)C(F)(F)C3)cc2Cl)cn1. The van der Waals surface area contributed by atoms with Gasteiger partial charge in [0.15, 0.2) is 5.69 Å². The zero-order valence-corrected chi connectivity index (χ0v) is 17.3. The molecule has 1 aliphatic rings. The number of carbonyl (C=O) groups is 1. The van der Waals surface area contributed by atoms with Gasteiger partial charge in [-0.15, -0.1) is 0 Å². The van der Waals surface area contributed by atoms with Crippen LogP contribution < -0.4 is 4.90 Å². The largest absolute Gasteiger partial charge is 0.461 e. The van der Waals surface area contributed by atoms with Crippen molar-refractivity contribution in [1.82, 2.24) is 9.55 Å². The molecule has 1 fully saturated rings. The van der Waals surface area contributed by atoms with Crippen molar-refractivity contribution in [1.29, 1.82) is 0 Å². The van der Waals surface area contributed by atoms with Crippen LogP contribution in [0.4, 0.5) is 14.5 Å². The van der Waals surface area contributed by atoms with Gasteiger partial charge in [-0.25, -0.2) is 18.6 Å². The Kier molecular flexibility index (Phi) is 7.41. The van der Waals surface area contributed by atoms with Crippen LogP contribution >= 0.6 is 11.6 Å². The van der Waals surface area contributed by atoms with Crippen LogP contribution in [-0.2, 0) is 11.3 Å². The third-order valence-electron chi connectivity index (χ3n) is 4.49. The second kappa shape index (κ2) is 9.37. The Morgan fingerprint density at radius 2 is 2.11 bits per heavy atom. The summed E-state index contributed by atoms with van der Waals surface area (Å²) in [7, 11) is 0. The summed E-state index contributed by atoms with van der Waals surface area (Å²) in [5.74, 6) is -3.85. The molecule has 5 nitrogen and oxygen atoms in total. The van der Waals surface area contributed by atoms with Gasteiger partial charge in [-0.05, 0) is 24.6 Å². The van der Waals surface area contributed by atoms with E-state index in [-0.39, 0.29) is 18.8 Å². The molecule has 8 heteroatoms. The molecule has 1 aliphatic heterocycles. The van der Waals surface area contributed by atoms with E-state index in [1.165, 1.54) is 6.33 Å². The second-order valence-corrected chi connectivity index (χ2v) is 6.88. The first-order valence-electron chi connectivity index (χ1n) is 9.40. The zero-order valence-electron chi connectivity index (χ0n) is 16.6. The Morgan fingerprint density at radius 3 is 2.68 bits per heavy atom. The maximum atomic E-state index is 13.7. The smallest absolute Gasteiger partial charge is 0.358 e. The second-order valence-electron chi connectivity index (χ2n) is 6.47. The minimum Gasteiger partial charge on any atom is -0.461 e. The number of hydrogen-bond acceptors (Lipinski definition) is 4. The van der Waals surface area contributed by atoms with E-state index in [9.17, 15) is 13.6 Å². The van der Waals surface area contributed by atoms with Gasteiger partial charge in [0.05, 0.1) is 19.5 Å². The summed E-state index contributed by atoms with van der Waals surface area (Å²) in [6.45, 7) is 7.98. The van der Waals surface area contributed by atoms with Crippen LogP contribution in [0.1, 0.15) is 43.7 Å². The highest BCUT2D eigenvalue weighted by Gasteiger charge is 2.45. The Hall–Kier alpha value is -2.15. The molecule has 0 bridgehead atoms. The van der Waals surface area contributed by atoms with E-state index in [0.717, 1.165) is 5.56 Å². The van der Waals surface area contributed by atoms with Gasteiger partial charge in [-0.3, -0.25) is 0 Å². The van der Waals surface area contributed by atoms with E-state index < -0.39 is 17.8 Å². The van der Waals surface area contributed by atoms with E-state index in [4.69, 9.17) is 16.3 Å². The van der Waals surface area contributed by atoms with Gasteiger partial charge in [-0.2, -0.15) is 0 Å². The molecular weight excluding hydrogens is 388 g/mol. The first-order valence-corrected chi connectivity index (χ1v) is 9.78. The molecule has 28 heavy (non-hydrogen) atoms. The Morgan fingerprint density at radius 1 is 1.39 bits per heavy atom. The number of hydrogen-bond donors (Lipinski definition) is 0. The molecule has 0 aliphatic carbocycles.